The van der Waals surface area contributed by atoms with Crippen molar-refractivity contribution in [2.45, 2.75) is 34.2 Å². The van der Waals surface area contributed by atoms with Crippen molar-refractivity contribution in [2.75, 3.05) is 0 Å². The molecule has 0 aliphatic rings. The highest BCUT2D eigenvalue weighted by atomic mass is 32.2. The van der Waals surface area contributed by atoms with Gasteiger partial charge in [0, 0.05) is 16.2 Å². The fraction of sp³-hybridized carbons (Fsp3) is 0.364. The van der Waals surface area contributed by atoms with Gasteiger partial charge in [-0.25, -0.2) is 0 Å². The van der Waals surface area contributed by atoms with Gasteiger partial charge < -0.3 is 0 Å². The maximum Gasteiger partial charge on any atom is 0.446 e. The number of ketones is 1. The Morgan fingerprint density at radius 1 is 1.00 bits per heavy atom. The Kier molecular flexibility index (Phi) is 5.42. The van der Waals surface area contributed by atoms with Crippen LogP contribution in [0, 0.1) is 0 Å². The van der Waals surface area contributed by atoms with Gasteiger partial charge in [-0.05, 0) is 48.1 Å². The minimum atomic E-state index is -4.63. The Morgan fingerprint density at radius 3 is 1.70 bits per heavy atom. The minimum Gasteiger partial charge on any atom is -0.300 e. The summed E-state index contributed by atoms with van der Waals surface area (Å²) >= 11 is -1.05. The van der Waals surface area contributed by atoms with Crippen molar-refractivity contribution < 1.29 is 31.1 Å². The molecule has 0 fully saturated rings. The average Bonchev–Trinajstić information content (AvgIpc) is 2.18. The Morgan fingerprint density at radius 2 is 1.40 bits per heavy atom. The third-order valence-electron chi connectivity index (χ3n) is 1.97. The van der Waals surface area contributed by atoms with E-state index in [0.717, 1.165) is 25.1 Å². The number of hydrogen-bond donors (Lipinski definition) is 0. The molecule has 0 amide bonds. The predicted molar refractivity (Wildman–Crippen MR) is 64.7 cm³/mol. The summed E-state index contributed by atoms with van der Waals surface area (Å²) in [4.78, 5) is 10.3. The Hall–Kier alpha value is -0.830. The molecule has 0 aliphatic heterocycles. The molecule has 1 rings (SSSR count). The molecule has 0 N–H and O–H groups in total. The summed E-state index contributed by atoms with van der Waals surface area (Å²) in [5, 5.41) is 0. The second-order valence-corrected chi connectivity index (χ2v) is 5.92. The minimum absolute atomic E-state index is 0.246. The van der Waals surface area contributed by atoms with Gasteiger partial charge >= 0.3 is 11.0 Å². The van der Waals surface area contributed by atoms with Gasteiger partial charge in [-0.2, -0.15) is 26.3 Å². The van der Waals surface area contributed by atoms with Crippen molar-refractivity contribution >= 4 is 29.3 Å². The molecule has 0 atom stereocenters. The number of carbonyl (C=O) groups is 1. The largest absolute Gasteiger partial charge is 0.446 e. The lowest BCUT2D eigenvalue weighted by atomic mass is 10.1. The summed E-state index contributed by atoms with van der Waals surface area (Å²) in [7, 11) is 0. The number of carbonyl (C=O) groups excluding carboxylic acids is 1. The first-order valence-corrected chi connectivity index (χ1v) is 6.74. The van der Waals surface area contributed by atoms with Crippen LogP contribution in [0.4, 0.5) is 26.3 Å². The van der Waals surface area contributed by atoms with Crippen LogP contribution in [0.25, 0.3) is 0 Å². The van der Waals surface area contributed by atoms with E-state index in [9.17, 15) is 31.1 Å². The highest BCUT2D eigenvalue weighted by molar-refractivity contribution is 8.01. The molecule has 1 aromatic rings. The molecular weight excluding hydrogens is 326 g/mol. The van der Waals surface area contributed by atoms with Gasteiger partial charge in [0.25, 0.3) is 0 Å². The predicted octanol–water partition coefficient (Wildman–Crippen LogP) is 5.04. The first-order chi connectivity index (χ1) is 8.98. The summed E-state index contributed by atoms with van der Waals surface area (Å²) in [6.07, 6.45) is -0.475. The van der Waals surface area contributed by atoms with E-state index < -0.39 is 46.7 Å². The van der Waals surface area contributed by atoms with Crippen LogP contribution >= 0.6 is 23.5 Å². The van der Waals surface area contributed by atoms with Crippen LogP contribution in [0.2, 0.25) is 0 Å². The molecule has 0 radical (unpaired) electrons. The molecule has 20 heavy (non-hydrogen) atoms. The number of benzene rings is 1. The van der Waals surface area contributed by atoms with Gasteiger partial charge in [-0.15, -0.1) is 0 Å². The molecule has 0 saturated heterocycles. The maximum atomic E-state index is 12.4. The van der Waals surface area contributed by atoms with Gasteiger partial charge in [-0.1, -0.05) is 6.07 Å². The molecule has 1 nitrogen and oxygen atoms in total. The lowest BCUT2D eigenvalue weighted by molar-refractivity contribution is -0.116. The van der Waals surface area contributed by atoms with E-state index in [1.54, 1.807) is 0 Å². The van der Waals surface area contributed by atoms with E-state index in [4.69, 9.17) is 0 Å². The number of halogens is 6. The van der Waals surface area contributed by atoms with Crippen LogP contribution in [-0.2, 0) is 11.2 Å². The van der Waals surface area contributed by atoms with E-state index in [1.165, 1.54) is 0 Å². The van der Waals surface area contributed by atoms with Crippen molar-refractivity contribution in [3.63, 3.8) is 0 Å². The van der Waals surface area contributed by atoms with E-state index in [1.807, 2.05) is 0 Å². The Bertz CT molecular complexity index is 460. The standard InChI is InChI=1S/C11H8F6OS2/c1-6(18)5-7-8(19-10(12,13)14)3-2-4-9(7)20-11(15,16)17/h2-4H,5H2,1H3. The number of hydrogen-bond acceptors (Lipinski definition) is 3. The maximum absolute atomic E-state index is 12.4. The third-order valence-corrected chi connectivity index (χ3v) is 3.63. The average molecular weight is 334 g/mol. The fourth-order valence-corrected chi connectivity index (χ4v) is 2.88. The molecule has 1 aromatic carbocycles. The molecule has 9 heteroatoms. The SMILES string of the molecule is CC(=O)Cc1c(SC(F)(F)F)cccc1SC(F)(F)F. The second kappa shape index (κ2) is 6.30. The topological polar surface area (TPSA) is 17.1 Å². The summed E-state index contributed by atoms with van der Waals surface area (Å²) in [5.74, 6) is -0.510. The first-order valence-electron chi connectivity index (χ1n) is 5.11. The molecular formula is C11H8F6OS2. The zero-order valence-corrected chi connectivity index (χ0v) is 11.6. The van der Waals surface area contributed by atoms with Crippen molar-refractivity contribution in [3.8, 4) is 0 Å². The number of alkyl halides is 6. The monoisotopic (exact) mass is 334 g/mol. The van der Waals surface area contributed by atoms with Crippen molar-refractivity contribution in [1.82, 2.24) is 0 Å². The quantitative estimate of drug-likeness (QED) is 0.567. The number of Topliss-reactive ketones (excluding diaryl/α,β-unsaturated/α-hetero) is 1. The fourth-order valence-electron chi connectivity index (χ4n) is 1.41. The van der Waals surface area contributed by atoms with Crippen LogP contribution in [0.5, 0.6) is 0 Å². The molecule has 0 unspecified atom stereocenters. The molecule has 0 spiro atoms. The van der Waals surface area contributed by atoms with E-state index >= 15 is 0 Å². The molecule has 0 aliphatic carbocycles. The van der Waals surface area contributed by atoms with Crippen LogP contribution in [-0.4, -0.2) is 16.8 Å². The van der Waals surface area contributed by atoms with Gasteiger partial charge in [0.1, 0.15) is 5.78 Å². The van der Waals surface area contributed by atoms with Crippen LogP contribution in [0.1, 0.15) is 12.5 Å². The number of thioether (sulfide) groups is 2. The highest BCUT2D eigenvalue weighted by Gasteiger charge is 2.34. The summed E-state index contributed by atoms with van der Waals surface area (Å²) in [6.45, 7) is 1.11. The lowest BCUT2D eigenvalue weighted by Gasteiger charge is -2.15. The van der Waals surface area contributed by atoms with Crippen molar-refractivity contribution in [1.29, 1.82) is 0 Å². The van der Waals surface area contributed by atoms with Crippen molar-refractivity contribution in [3.05, 3.63) is 23.8 Å². The van der Waals surface area contributed by atoms with Gasteiger partial charge in [0.2, 0.25) is 0 Å². The molecule has 0 aromatic heterocycles. The van der Waals surface area contributed by atoms with Gasteiger partial charge in [0.05, 0.1) is 0 Å². The molecule has 0 saturated carbocycles. The summed E-state index contributed by atoms with van der Waals surface area (Å²) in [6, 6.07) is 3.21. The molecule has 0 bridgehead atoms. The number of rotatable bonds is 4. The molecule has 0 heterocycles. The van der Waals surface area contributed by atoms with Crippen LogP contribution < -0.4 is 0 Å². The smallest absolute Gasteiger partial charge is 0.300 e. The zero-order valence-electron chi connectivity index (χ0n) is 9.93. The summed E-state index contributed by atoms with van der Waals surface area (Å²) in [5.41, 5.74) is -9.51. The van der Waals surface area contributed by atoms with E-state index in [2.05, 4.69) is 0 Å². The van der Waals surface area contributed by atoms with Crippen LogP contribution in [0.3, 0.4) is 0 Å². The Balaban J connectivity index is 3.23. The van der Waals surface area contributed by atoms with Crippen molar-refractivity contribution in [2.24, 2.45) is 0 Å². The van der Waals surface area contributed by atoms with Crippen LogP contribution in [0.15, 0.2) is 28.0 Å². The normalized spacial score (nSPS) is 12.6. The summed E-state index contributed by atoms with van der Waals surface area (Å²) < 4.78 is 74.3. The second-order valence-electron chi connectivity index (χ2n) is 3.71. The van der Waals surface area contributed by atoms with Gasteiger partial charge in [0.15, 0.2) is 0 Å². The van der Waals surface area contributed by atoms with E-state index in [-0.39, 0.29) is 15.4 Å². The first kappa shape index (κ1) is 17.2. The Labute approximate surface area is 119 Å². The highest BCUT2D eigenvalue weighted by Crippen LogP contribution is 2.44. The lowest BCUT2D eigenvalue weighted by Crippen LogP contribution is -2.07. The van der Waals surface area contributed by atoms with Gasteiger partial charge in [-0.3, -0.25) is 4.79 Å². The third kappa shape index (κ3) is 6.08. The van der Waals surface area contributed by atoms with E-state index in [0.29, 0.717) is 0 Å². The zero-order chi connectivity index (χ0) is 15.6. The molecule has 112 valence electrons.